The first kappa shape index (κ1) is 10.2. The van der Waals surface area contributed by atoms with Crippen molar-refractivity contribution >= 4 is 0 Å². The molecule has 1 fully saturated rings. The molecule has 0 spiro atoms. The van der Waals surface area contributed by atoms with E-state index in [2.05, 4.69) is 12.2 Å². The maximum Gasteiger partial charge on any atom is 0.0462 e. The van der Waals surface area contributed by atoms with Gasteiger partial charge < -0.3 is 5.11 Å². The Morgan fingerprint density at radius 1 is 1.14 bits per heavy atom. The van der Waals surface area contributed by atoms with Gasteiger partial charge in [-0.3, -0.25) is 0 Å². The molecule has 0 radical (unpaired) electrons. The molecule has 2 atom stereocenters. The molecule has 0 amide bonds. The van der Waals surface area contributed by atoms with Gasteiger partial charge in [-0.2, -0.15) is 0 Å². The van der Waals surface area contributed by atoms with E-state index in [9.17, 15) is 5.11 Å². The molecule has 2 aliphatic carbocycles. The van der Waals surface area contributed by atoms with Crippen molar-refractivity contribution in [1.29, 1.82) is 0 Å². The summed E-state index contributed by atoms with van der Waals surface area (Å²) >= 11 is 0. The third kappa shape index (κ3) is 2.38. The summed E-state index contributed by atoms with van der Waals surface area (Å²) in [5.41, 5.74) is 0. The summed E-state index contributed by atoms with van der Waals surface area (Å²) in [7, 11) is 0. The summed E-state index contributed by atoms with van der Waals surface area (Å²) in [5, 5.41) is 9.17. The maximum absolute atomic E-state index is 9.17. The number of rotatable bonds is 2. The molecule has 14 heavy (non-hydrogen) atoms. The minimum atomic E-state index is 0.383. The van der Waals surface area contributed by atoms with Crippen molar-refractivity contribution in [2.45, 2.75) is 44.9 Å². The van der Waals surface area contributed by atoms with E-state index in [1.807, 2.05) is 0 Å². The molecule has 1 heteroatoms. The highest BCUT2D eigenvalue weighted by molar-refractivity contribution is 4.98. The molecule has 1 nitrogen and oxygen atoms in total. The Morgan fingerprint density at radius 3 is 2.64 bits per heavy atom. The highest BCUT2D eigenvalue weighted by Crippen LogP contribution is 2.36. The molecule has 0 saturated heterocycles. The predicted molar refractivity (Wildman–Crippen MR) is 59.0 cm³/mol. The van der Waals surface area contributed by atoms with Crippen molar-refractivity contribution in [1.82, 2.24) is 0 Å². The average Bonchev–Trinajstić information content (AvgIpc) is 2.30. The van der Waals surface area contributed by atoms with Gasteiger partial charge in [0.2, 0.25) is 0 Å². The Morgan fingerprint density at radius 2 is 1.93 bits per heavy atom. The van der Waals surface area contributed by atoms with E-state index < -0.39 is 0 Å². The van der Waals surface area contributed by atoms with Crippen LogP contribution in [0.1, 0.15) is 44.9 Å². The predicted octanol–water partition coefficient (Wildman–Crippen LogP) is 3.14. The van der Waals surface area contributed by atoms with Gasteiger partial charge in [0, 0.05) is 6.61 Å². The third-order valence-electron chi connectivity index (χ3n) is 3.97. The van der Waals surface area contributed by atoms with Gasteiger partial charge in [-0.1, -0.05) is 31.4 Å². The Hall–Kier alpha value is -0.300. The lowest BCUT2D eigenvalue weighted by atomic mass is 9.73. The lowest BCUT2D eigenvalue weighted by molar-refractivity contribution is 0.173. The van der Waals surface area contributed by atoms with E-state index in [-0.39, 0.29) is 0 Å². The zero-order valence-corrected chi connectivity index (χ0v) is 8.99. The van der Waals surface area contributed by atoms with Crippen molar-refractivity contribution in [2.24, 2.45) is 17.8 Å². The summed E-state index contributed by atoms with van der Waals surface area (Å²) in [6, 6.07) is 0. The van der Waals surface area contributed by atoms with Crippen molar-refractivity contribution in [3.8, 4) is 0 Å². The van der Waals surface area contributed by atoms with Crippen molar-refractivity contribution in [2.75, 3.05) is 6.61 Å². The molecule has 2 unspecified atom stereocenters. The smallest absolute Gasteiger partial charge is 0.0462 e. The number of allylic oxidation sites excluding steroid dienone is 2. The molecular weight excluding hydrogens is 172 g/mol. The number of hydrogen-bond donors (Lipinski definition) is 1. The topological polar surface area (TPSA) is 20.2 Å². The third-order valence-corrected chi connectivity index (χ3v) is 3.97. The lowest BCUT2D eigenvalue weighted by Gasteiger charge is -2.32. The molecule has 1 saturated carbocycles. The number of aliphatic hydroxyl groups is 1. The molecule has 2 rings (SSSR count). The van der Waals surface area contributed by atoms with Crippen LogP contribution in [0.3, 0.4) is 0 Å². The first-order chi connectivity index (χ1) is 6.90. The highest BCUT2D eigenvalue weighted by Gasteiger charge is 2.25. The van der Waals surface area contributed by atoms with Crippen LogP contribution < -0.4 is 0 Å². The van der Waals surface area contributed by atoms with Gasteiger partial charge in [0.25, 0.3) is 0 Å². The molecule has 0 aromatic carbocycles. The van der Waals surface area contributed by atoms with Gasteiger partial charge in [-0.15, -0.1) is 0 Å². The fourth-order valence-corrected chi connectivity index (χ4v) is 3.07. The molecule has 0 aromatic rings. The summed E-state index contributed by atoms with van der Waals surface area (Å²) < 4.78 is 0. The monoisotopic (exact) mass is 194 g/mol. The van der Waals surface area contributed by atoms with Crippen LogP contribution in [0.2, 0.25) is 0 Å². The Kier molecular flexibility index (Phi) is 3.63. The van der Waals surface area contributed by atoms with Gasteiger partial charge in [-0.05, 0) is 43.4 Å². The van der Waals surface area contributed by atoms with Crippen molar-refractivity contribution < 1.29 is 5.11 Å². The van der Waals surface area contributed by atoms with E-state index in [4.69, 9.17) is 0 Å². The molecule has 0 aliphatic heterocycles. The second-order valence-corrected chi connectivity index (χ2v) is 5.01. The normalized spacial score (nSPS) is 34.6. The fraction of sp³-hybridized carbons (Fsp3) is 0.846. The van der Waals surface area contributed by atoms with Crippen LogP contribution in [-0.4, -0.2) is 11.7 Å². The summed E-state index contributed by atoms with van der Waals surface area (Å²) in [6.45, 7) is 0.383. The fourth-order valence-electron chi connectivity index (χ4n) is 3.07. The van der Waals surface area contributed by atoms with Gasteiger partial charge in [0.15, 0.2) is 0 Å². The quantitative estimate of drug-likeness (QED) is 0.670. The zero-order valence-electron chi connectivity index (χ0n) is 8.99. The minimum Gasteiger partial charge on any atom is -0.396 e. The summed E-state index contributed by atoms with van der Waals surface area (Å²) in [6.07, 6.45) is 14.2. The van der Waals surface area contributed by atoms with Crippen molar-refractivity contribution in [3.63, 3.8) is 0 Å². The second-order valence-electron chi connectivity index (χ2n) is 5.01. The van der Waals surface area contributed by atoms with Crippen LogP contribution in [0.25, 0.3) is 0 Å². The SMILES string of the molecule is OCC1CC=CC(C2CCCCC2)C1. The maximum atomic E-state index is 9.17. The van der Waals surface area contributed by atoms with Crippen LogP contribution in [-0.2, 0) is 0 Å². The van der Waals surface area contributed by atoms with E-state index in [1.165, 1.54) is 38.5 Å². The van der Waals surface area contributed by atoms with Gasteiger partial charge in [-0.25, -0.2) is 0 Å². The lowest BCUT2D eigenvalue weighted by Crippen LogP contribution is -2.23. The minimum absolute atomic E-state index is 0.383. The molecule has 0 bridgehead atoms. The largest absolute Gasteiger partial charge is 0.396 e. The molecular formula is C13H22O. The summed E-state index contributed by atoms with van der Waals surface area (Å²) in [5.74, 6) is 2.25. The summed E-state index contributed by atoms with van der Waals surface area (Å²) in [4.78, 5) is 0. The number of hydrogen-bond acceptors (Lipinski definition) is 1. The molecule has 80 valence electrons. The first-order valence-corrected chi connectivity index (χ1v) is 6.17. The highest BCUT2D eigenvalue weighted by atomic mass is 16.3. The van der Waals surface area contributed by atoms with E-state index in [0.29, 0.717) is 12.5 Å². The van der Waals surface area contributed by atoms with Crippen LogP contribution in [0.4, 0.5) is 0 Å². The standard InChI is InChI=1S/C13H22O/c14-10-11-5-4-8-13(9-11)12-6-2-1-3-7-12/h4,8,11-14H,1-3,5-7,9-10H2. The Bertz CT molecular complexity index is 191. The van der Waals surface area contributed by atoms with Gasteiger partial charge >= 0.3 is 0 Å². The van der Waals surface area contributed by atoms with Gasteiger partial charge in [0.05, 0.1) is 0 Å². The van der Waals surface area contributed by atoms with E-state index >= 15 is 0 Å². The number of aliphatic hydroxyl groups excluding tert-OH is 1. The molecule has 0 aromatic heterocycles. The van der Waals surface area contributed by atoms with Crippen LogP contribution >= 0.6 is 0 Å². The zero-order chi connectivity index (χ0) is 9.80. The second kappa shape index (κ2) is 4.97. The average molecular weight is 194 g/mol. The molecule has 0 heterocycles. The van der Waals surface area contributed by atoms with Gasteiger partial charge in [0.1, 0.15) is 0 Å². The molecule has 2 aliphatic rings. The molecule has 1 N–H and O–H groups in total. The Labute approximate surface area is 87.2 Å². The Balaban J connectivity index is 1.89. The van der Waals surface area contributed by atoms with Crippen LogP contribution in [0.15, 0.2) is 12.2 Å². The van der Waals surface area contributed by atoms with Crippen LogP contribution in [0.5, 0.6) is 0 Å². The van der Waals surface area contributed by atoms with E-state index in [1.54, 1.807) is 0 Å². The van der Waals surface area contributed by atoms with Crippen LogP contribution in [0, 0.1) is 17.8 Å². The van der Waals surface area contributed by atoms with E-state index in [0.717, 1.165) is 18.3 Å². The van der Waals surface area contributed by atoms with Crippen molar-refractivity contribution in [3.05, 3.63) is 12.2 Å². The first-order valence-electron chi connectivity index (χ1n) is 6.17.